The topological polar surface area (TPSA) is 113 Å². The van der Waals surface area contributed by atoms with Crippen LogP contribution in [0.25, 0.3) is 5.65 Å². The molecule has 0 bridgehead atoms. The Morgan fingerprint density at radius 3 is 2.73 bits per heavy atom. The maximum Gasteiger partial charge on any atom is 0.279 e. The standard InChI is InChI=1S/C15H23N7O3S/c1-10(2)12-8-21(9-13(12)17-26(24,25)20(3)4)15(23)11-5-6-22-14(7-11)16-18-19-22/h5-7,10,12-13,17H,8-9H2,1-4H3/t12-,13+/m0/s1. The van der Waals surface area contributed by atoms with Gasteiger partial charge >= 0.3 is 0 Å². The van der Waals surface area contributed by atoms with E-state index < -0.39 is 10.2 Å². The van der Waals surface area contributed by atoms with Crippen molar-refractivity contribution in [3.8, 4) is 0 Å². The smallest absolute Gasteiger partial charge is 0.279 e. The number of likely N-dealkylation sites (tertiary alicyclic amines) is 1. The fraction of sp³-hybridized carbons (Fsp3) is 0.600. The summed E-state index contributed by atoms with van der Waals surface area (Å²) in [6.45, 7) is 4.88. The summed E-state index contributed by atoms with van der Waals surface area (Å²) in [6, 6.07) is 2.96. The molecule has 1 aliphatic rings. The first kappa shape index (κ1) is 18.7. The third-order valence-corrected chi connectivity index (χ3v) is 6.30. The fourth-order valence-corrected chi connectivity index (χ4v) is 3.99. The Bertz CT molecular complexity index is 909. The van der Waals surface area contributed by atoms with E-state index in [2.05, 4.69) is 20.2 Å². The van der Waals surface area contributed by atoms with Crippen LogP contribution in [0.1, 0.15) is 24.2 Å². The van der Waals surface area contributed by atoms with Gasteiger partial charge in [0.15, 0.2) is 5.65 Å². The van der Waals surface area contributed by atoms with E-state index in [1.54, 1.807) is 23.2 Å². The zero-order valence-corrected chi connectivity index (χ0v) is 16.0. The van der Waals surface area contributed by atoms with Crippen LogP contribution in [0.3, 0.4) is 0 Å². The normalized spacial score (nSPS) is 21.2. The lowest BCUT2D eigenvalue weighted by atomic mass is 9.92. The molecule has 2 atom stereocenters. The van der Waals surface area contributed by atoms with E-state index in [-0.39, 0.29) is 23.8 Å². The molecule has 0 aromatic carbocycles. The van der Waals surface area contributed by atoms with Gasteiger partial charge in [0.25, 0.3) is 16.1 Å². The highest BCUT2D eigenvalue weighted by molar-refractivity contribution is 7.87. The fourth-order valence-electron chi connectivity index (χ4n) is 3.15. The van der Waals surface area contributed by atoms with Crippen LogP contribution in [-0.4, -0.2) is 76.8 Å². The second kappa shape index (κ2) is 6.89. The van der Waals surface area contributed by atoms with Crippen molar-refractivity contribution in [3.05, 3.63) is 23.9 Å². The first-order valence-electron chi connectivity index (χ1n) is 8.36. The van der Waals surface area contributed by atoms with Gasteiger partial charge in [0.2, 0.25) is 0 Å². The zero-order valence-electron chi connectivity index (χ0n) is 15.2. The van der Waals surface area contributed by atoms with Gasteiger partial charge < -0.3 is 4.90 Å². The van der Waals surface area contributed by atoms with Crippen molar-refractivity contribution in [1.82, 2.24) is 34.0 Å². The van der Waals surface area contributed by atoms with Crippen LogP contribution in [0.5, 0.6) is 0 Å². The van der Waals surface area contributed by atoms with E-state index in [1.807, 2.05) is 13.8 Å². The maximum atomic E-state index is 12.9. The molecule has 1 aliphatic heterocycles. The molecular formula is C15H23N7O3S. The van der Waals surface area contributed by atoms with Crippen molar-refractivity contribution in [2.24, 2.45) is 11.8 Å². The summed E-state index contributed by atoms with van der Waals surface area (Å²) < 4.78 is 29.7. The third kappa shape index (κ3) is 3.55. The Kier molecular flexibility index (Phi) is 4.95. The van der Waals surface area contributed by atoms with Crippen LogP contribution < -0.4 is 4.72 Å². The molecule has 2 aromatic heterocycles. The molecule has 0 saturated carbocycles. The molecule has 0 unspecified atom stereocenters. The van der Waals surface area contributed by atoms with Crippen LogP contribution >= 0.6 is 0 Å². The van der Waals surface area contributed by atoms with Crippen LogP contribution in [-0.2, 0) is 10.2 Å². The van der Waals surface area contributed by atoms with Gasteiger partial charge in [0, 0.05) is 45.0 Å². The van der Waals surface area contributed by atoms with Crippen molar-refractivity contribution in [2.75, 3.05) is 27.2 Å². The largest absolute Gasteiger partial charge is 0.337 e. The van der Waals surface area contributed by atoms with Gasteiger partial charge in [-0.2, -0.15) is 17.4 Å². The van der Waals surface area contributed by atoms with Crippen LogP contribution in [0, 0.1) is 11.8 Å². The third-order valence-electron chi connectivity index (χ3n) is 4.73. The number of amides is 1. The van der Waals surface area contributed by atoms with Crippen LogP contribution in [0.2, 0.25) is 0 Å². The summed E-state index contributed by atoms with van der Waals surface area (Å²) in [7, 11) is -0.610. The number of pyridine rings is 1. The predicted octanol–water partition coefficient (Wildman–Crippen LogP) is -0.383. The van der Waals surface area contributed by atoms with E-state index in [0.29, 0.717) is 24.3 Å². The lowest BCUT2D eigenvalue weighted by molar-refractivity contribution is 0.0783. The molecule has 2 aromatic rings. The summed E-state index contributed by atoms with van der Waals surface area (Å²) >= 11 is 0. The number of carbonyl (C=O) groups excluding carboxylic acids is 1. The van der Waals surface area contributed by atoms with Crippen molar-refractivity contribution in [1.29, 1.82) is 0 Å². The Hall–Kier alpha value is -2.11. The molecule has 10 nitrogen and oxygen atoms in total. The molecule has 0 spiro atoms. The van der Waals surface area contributed by atoms with E-state index >= 15 is 0 Å². The van der Waals surface area contributed by atoms with Crippen molar-refractivity contribution in [2.45, 2.75) is 19.9 Å². The van der Waals surface area contributed by atoms with Crippen LogP contribution in [0.4, 0.5) is 0 Å². The number of hydrogen-bond acceptors (Lipinski definition) is 6. The molecule has 0 radical (unpaired) electrons. The van der Waals surface area contributed by atoms with Crippen molar-refractivity contribution >= 4 is 21.8 Å². The van der Waals surface area contributed by atoms with E-state index in [1.165, 1.54) is 18.6 Å². The first-order chi connectivity index (χ1) is 12.2. The maximum absolute atomic E-state index is 12.9. The van der Waals surface area contributed by atoms with Gasteiger partial charge in [-0.15, -0.1) is 5.10 Å². The minimum absolute atomic E-state index is 0.0344. The van der Waals surface area contributed by atoms with Gasteiger partial charge in [0.1, 0.15) is 0 Å². The molecule has 3 heterocycles. The highest BCUT2D eigenvalue weighted by Crippen LogP contribution is 2.26. The quantitative estimate of drug-likeness (QED) is 0.755. The Morgan fingerprint density at radius 2 is 2.08 bits per heavy atom. The molecule has 142 valence electrons. The molecule has 26 heavy (non-hydrogen) atoms. The number of nitrogens with zero attached hydrogens (tertiary/aromatic N) is 6. The summed E-state index contributed by atoms with van der Waals surface area (Å²) in [5.41, 5.74) is 0.964. The summed E-state index contributed by atoms with van der Waals surface area (Å²) in [6.07, 6.45) is 1.63. The van der Waals surface area contributed by atoms with Gasteiger partial charge in [-0.1, -0.05) is 13.8 Å². The second-order valence-corrected chi connectivity index (χ2v) is 8.94. The van der Waals surface area contributed by atoms with Crippen LogP contribution in [0.15, 0.2) is 18.3 Å². The number of hydrogen-bond donors (Lipinski definition) is 1. The van der Waals surface area contributed by atoms with E-state index in [0.717, 1.165) is 4.31 Å². The number of carbonyl (C=O) groups is 1. The summed E-state index contributed by atoms with van der Waals surface area (Å²) in [5.74, 6) is 0.103. The Morgan fingerprint density at radius 1 is 1.35 bits per heavy atom. The van der Waals surface area contributed by atoms with E-state index in [4.69, 9.17) is 0 Å². The molecule has 0 aliphatic carbocycles. The number of fused-ring (bicyclic) bond motifs is 1. The molecule has 1 amide bonds. The lowest BCUT2D eigenvalue weighted by Crippen LogP contribution is -2.46. The minimum atomic E-state index is -3.57. The van der Waals surface area contributed by atoms with E-state index in [9.17, 15) is 13.2 Å². The number of tetrazole rings is 1. The highest BCUT2D eigenvalue weighted by Gasteiger charge is 2.39. The zero-order chi connectivity index (χ0) is 19.1. The second-order valence-electron chi connectivity index (χ2n) is 7.03. The van der Waals surface area contributed by atoms with Gasteiger partial charge in [-0.25, -0.2) is 4.52 Å². The average Bonchev–Trinajstić information content (AvgIpc) is 3.19. The minimum Gasteiger partial charge on any atom is -0.337 e. The molecule has 3 rings (SSSR count). The number of rotatable bonds is 5. The monoisotopic (exact) mass is 381 g/mol. The Balaban J connectivity index is 1.81. The molecule has 1 saturated heterocycles. The number of nitrogens with one attached hydrogen (secondary N) is 1. The summed E-state index contributed by atoms with van der Waals surface area (Å²) in [5, 5.41) is 11.2. The SMILES string of the molecule is CC(C)[C@@H]1CN(C(=O)c2ccn3nnnc3c2)C[C@H]1NS(=O)(=O)N(C)C. The van der Waals surface area contributed by atoms with Gasteiger partial charge in [-0.3, -0.25) is 4.79 Å². The lowest BCUT2D eigenvalue weighted by Gasteiger charge is -2.24. The average molecular weight is 381 g/mol. The predicted molar refractivity (Wildman–Crippen MR) is 94.5 cm³/mol. The molecule has 1 fully saturated rings. The first-order valence-corrected chi connectivity index (χ1v) is 9.80. The molecular weight excluding hydrogens is 358 g/mol. The molecule has 11 heteroatoms. The highest BCUT2D eigenvalue weighted by atomic mass is 32.2. The summed E-state index contributed by atoms with van der Waals surface area (Å²) in [4.78, 5) is 14.6. The van der Waals surface area contributed by atoms with Crippen molar-refractivity contribution < 1.29 is 13.2 Å². The Labute approximate surface area is 152 Å². The molecule has 1 N–H and O–H groups in total. The van der Waals surface area contributed by atoms with Gasteiger partial charge in [0.05, 0.1) is 0 Å². The van der Waals surface area contributed by atoms with Crippen molar-refractivity contribution in [3.63, 3.8) is 0 Å². The number of aromatic nitrogens is 4. The van der Waals surface area contributed by atoms with Gasteiger partial charge in [-0.05, 0) is 34.4 Å².